The molecule has 1 rings (SSSR count). The summed E-state index contributed by atoms with van der Waals surface area (Å²) < 4.78 is 4.97. The Morgan fingerprint density at radius 3 is 2.45 bits per heavy atom. The number of ether oxygens (including phenoxy) is 1. The number of amides is 4. The summed E-state index contributed by atoms with van der Waals surface area (Å²) >= 11 is 0. The first-order valence-electron chi connectivity index (χ1n) is 5.90. The predicted molar refractivity (Wildman–Crippen MR) is 65.9 cm³/mol. The van der Waals surface area contributed by atoms with Gasteiger partial charge in [-0.25, -0.2) is 9.59 Å². The molecule has 0 spiro atoms. The van der Waals surface area contributed by atoms with Crippen LogP contribution in [0.3, 0.4) is 0 Å². The smallest absolute Gasteiger partial charge is 0.408 e. The Hall–Kier alpha value is -2.32. The summed E-state index contributed by atoms with van der Waals surface area (Å²) in [6.07, 6.45) is -0.749. The van der Waals surface area contributed by atoms with Crippen LogP contribution in [0.15, 0.2) is 0 Å². The molecule has 1 aliphatic rings. The number of carboxylic acids is 1. The maximum absolute atomic E-state index is 11.6. The number of likely N-dealkylation sites (tertiary alicyclic amines) is 1. The zero-order valence-electron chi connectivity index (χ0n) is 11.4. The number of rotatable bonds is 3. The number of carbonyl (C=O) groups is 4. The molecule has 0 bridgehead atoms. The molecule has 1 aliphatic heterocycles. The molecule has 0 radical (unpaired) electrons. The van der Waals surface area contributed by atoms with Crippen molar-refractivity contribution in [3.05, 3.63) is 0 Å². The molecular formula is C11H17N3O6. The van der Waals surface area contributed by atoms with Gasteiger partial charge in [-0.05, 0) is 20.8 Å². The number of aliphatic carboxylic acids is 1. The SMILES string of the molecule is CC(C)(C)OC(=O)NC1CN(C(=O)NCC(=O)O)C1=O. The normalized spacial score (nSPS) is 18.1. The molecule has 4 amide bonds. The highest BCUT2D eigenvalue weighted by atomic mass is 16.6. The maximum Gasteiger partial charge on any atom is 0.408 e. The van der Waals surface area contributed by atoms with Crippen LogP contribution in [0.4, 0.5) is 9.59 Å². The Kier molecular flexibility index (Phi) is 4.53. The summed E-state index contributed by atoms with van der Waals surface area (Å²) in [6.45, 7) is 4.44. The molecule has 1 heterocycles. The molecule has 0 saturated carbocycles. The number of hydrogen-bond donors (Lipinski definition) is 3. The van der Waals surface area contributed by atoms with Crippen molar-refractivity contribution < 1.29 is 29.0 Å². The lowest BCUT2D eigenvalue weighted by molar-refractivity contribution is -0.140. The number of hydrogen-bond acceptors (Lipinski definition) is 5. The van der Waals surface area contributed by atoms with Crippen molar-refractivity contribution in [2.75, 3.05) is 13.1 Å². The molecule has 112 valence electrons. The first-order chi connectivity index (χ1) is 9.10. The highest BCUT2D eigenvalue weighted by Crippen LogP contribution is 2.12. The number of carbonyl (C=O) groups excluding carboxylic acids is 3. The van der Waals surface area contributed by atoms with Gasteiger partial charge in [-0.15, -0.1) is 0 Å². The molecule has 3 N–H and O–H groups in total. The fraction of sp³-hybridized carbons (Fsp3) is 0.636. The second kappa shape index (κ2) is 5.76. The van der Waals surface area contributed by atoms with Gasteiger partial charge in [-0.2, -0.15) is 0 Å². The van der Waals surface area contributed by atoms with Gasteiger partial charge in [-0.3, -0.25) is 14.5 Å². The first kappa shape index (κ1) is 15.7. The third-order valence-corrected chi connectivity index (χ3v) is 2.26. The maximum atomic E-state index is 11.6. The molecule has 1 fully saturated rings. The molecule has 1 saturated heterocycles. The average molecular weight is 287 g/mol. The van der Waals surface area contributed by atoms with Crippen molar-refractivity contribution in [2.24, 2.45) is 0 Å². The number of imide groups is 1. The molecule has 1 unspecified atom stereocenters. The second-order valence-electron chi connectivity index (χ2n) is 5.20. The summed E-state index contributed by atoms with van der Waals surface area (Å²) in [5, 5.41) is 12.8. The van der Waals surface area contributed by atoms with Crippen LogP contribution in [0, 0.1) is 0 Å². The van der Waals surface area contributed by atoms with Crippen LogP contribution in [0.1, 0.15) is 20.8 Å². The van der Waals surface area contributed by atoms with Gasteiger partial charge in [-0.1, -0.05) is 0 Å². The van der Waals surface area contributed by atoms with E-state index in [1.807, 2.05) is 5.32 Å². The fourth-order valence-electron chi connectivity index (χ4n) is 1.41. The first-order valence-corrected chi connectivity index (χ1v) is 5.90. The van der Waals surface area contributed by atoms with E-state index in [0.717, 1.165) is 4.90 Å². The standard InChI is InChI=1S/C11H17N3O6/c1-11(2,3)20-10(19)13-6-5-14(8(6)17)9(18)12-4-7(15)16/h6H,4-5H2,1-3H3,(H,12,18)(H,13,19)(H,15,16). The molecule has 9 heteroatoms. The number of nitrogens with zero attached hydrogens (tertiary/aromatic N) is 1. The van der Waals surface area contributed by atoms with Gasteiger partial charge in [0.15, 0.2) is 0 Å². The number of nitrogens with one attached hydrogen (secondary N) is 2. The predicted octanol–water partition coefficient (Wildman–Crippen LogP) is -0.484. The van der Waals surface area contributed by atoms with Crippen LogP contribution in [0.5, 0.6) is 0 Å². The Balaban J connectivity index is 2.38. The Bertz CT molecular complexity index is 442. The molecular weight excluding hydrogens is 270 g/mol. The van der Waals surface area contributed by atoms with Gasteiger partial charge in [0, 0.05) is 0 Å². The van der Waals surface area contributed by atoms with Crippen molar-refractivity contribution in [1.82, 2.24) is 15.5 Å². The van der Waals surface area contributed by atoms with Gasteiger partial charge in [0.25, 0.3) is 5.91 Å². The number of β-lactam (4-membered cyclic amide) rings is 1. The minimum atomic E-state index is -1.21. The number of alkyl carbamates (subject to hydrolysis) is 1. The van der Waals surface area contributed by atoms with Crippen molar-refractivity contribution >= 4 is 24.0 Å². The summed E-state index contributed by atoms with van der Waals surface area (Å²) in [4.78, 5) is 45.5. The number of urea groups is 1. The summed E-state index contributed by atoms with van der Waals surface area (Å²) in [6, 6.07) is -1.64. The summed E-state index contributed by atoms with van der Waals surface area (Å²) in [5.74, 6) is -1.83. The lowest BCUT2D eigenvalue weighted by Gasteiger charge is -2.36. The molecule has 9 nitrogen and oxygen atoms in total. The summed E-state index contributed by atoms with van der Waals surface area (Å²) in [7, 11) is 0. The van der Waals surface area contributed by atoms with Crippen molar-refractivity contribution in [3.8, 4) is 0 Å². The molecule has 1 atom stereocenters. The quantitative estimate of drug-likeness (QED) is 0.602. The zero-order valence-corrected chi connectivity index (χ0v) is 11.4. The van der Waals surface area contributed by atoms with E-state index in [9.17, 15) is 19.2 Å². The summed E-state index contributed by atoms with van der Waals surface area (Å²) in [5.41, 5.74) is -0.685. The van der Waals surface area contributed by atoms with Gasteiger partial charge in [0.1, 0.15) is 18.2 Å². The van der Waals surface area contributed by atoms with Crippen molar-refractivity contribution in [3.63, 3.8) is 0 Å². The molecule has 0 aromatic heterocycles. The van der Waals surface area contributed by atoms with E-state index >= 15 is 0 Å². The van der Waals surface area contributed by atoms with Crippen LogP contribution in [0.2, 0.25) is 0 Å². The van der Waals surface area contributed by atoms with E-state index in [0.29, 0.717) is 0 Å². The third-order valence-electron chi connectivity index (χ3n) is 2.26. The lowest BCUT2D eigenvalue weighted by atomic mass is 10.1. The van der Waals surface area contributed by atoms with E-state index in [2.05, 4.69) is 5.32 Å². The van der Waals surface area contributed by atoms with Gasteiger partial charge in [0.05, 0.1) is 6.54 Å². The highest BCUT2D eigenvalue weighted by Gasteiger charge is 2.42. The zero-order chi connectivity index (χ0) is 15.5. The lowest BCUT2D eigenvalue weighted by Crippen LogP contribution is -2.67. The molecule has 0 aromatic carbocycles. The Morgan fingerprint density at radius 1 is 1.40 bits per heavy atom. The molecule has 0 aromatic rings. The highest BCUT2D eigenvalue weighted by molar-refractivity contribution is 6.03. The molecule has 0 aliphatic carbocycles. The van der Waals surface area contributed by atoms with Crippen LogP contribution in [-0.2, 0) is 14.3 Å². The largest absolute Gasteiger partial charge is 0.480 e. The van der Waals surface area contributed by atoms with Gasteiger partial charge >= 0.3 is 18.1 Å². The Morgan fingerprint density at radius 2 is 2.00 bits per heavy atom. The van der Waals surface area contributed by atoms with Crippen LogP contribution in [0.25, 0.3) is 0 Å². The van der Waals surface area contributed by atoms with Gasteiger partial charge in [0.2, 0.25) is 0 Å². The van der Waals surface area contributed by atoms with Gasteiger partial charge < -0.3 is 20.5 Å². The van der Waals surface area contributed by atoms with E-state index in [1.54, 1.807) is 20.8 Å². The topological polar surface area (TPSA) is 125 Å². The van der Waals surface area contributed by atoms with E-state index in [1.165, 1.54) is 0 Å². The average Bonchev–Trinajstić information content (AvgIpc) is 2.28. The van der Waals surface area contributed by atoms with Crippen LogP contribution < -0.4 is 10.6 Å². The second-order valence-corrected chi connectivity index (χ2v) is 5.20. The Labute approximate surface area is 115 Å². The van der Waals surface area contributed by atoms with Crippen LogP contribution in [-0.4, -0.2) is 58.7 Å². The minimum absolute atomic E-state index is 0.0243. The fourth-order valence-corrected chi connectivity index (χ4v) is 1.41. The number of carboxylic acid groups (broad SMARTS) is 1. The van der Waals surface area contributed by atoms with Crippen molar-refractivity contribution in [1.29, 1.82) is 0 Å². The minimum Gasteiger partial charge on any atom is -0.480 e. The molecule has 20 heavy (non-hydrogen) atoms. The third kappa shape index (κ3) is 4.41. The van der Waals surface area contributed by atoms with Crippen molar-refractivity contribution in [2.45, 2.75) is 32.4 Å². The van der Waals surface area contributed by atoms with E-state index in [4.69, 9.17) is 9.84 Å². The van der Waals surface area contributed by atoms with E-state index < -0.39 is 42.2 Å². The van der Waals surface area contributed by atoms with E-state index in [-0.39, 0.29) is 6.54 Å². The monoisotopic (exact) mass is 287 g/mol. The van der Waals surface area contributed by atoms with Crippen LogP contribution >= 0.6 is 0 Å².